The summed E-state index contributed by atoms with van der Waals surface area (Å²) in [7, 11) is -2.66. The van der Waals surface area contributed by atoms with E-state index in [0.29, 0.717) is 59.9 Å². The van der Waals surface area contributed by atoms with E-state index in [4.69, 9.17) is 9.47 Å². The first kappa shape index (κ1) is 32.0. The fourth-order valence-corrected chi connectivity index (χ4v) is 8.87. The number of halogens is 1. The number of anilines is 1. The van der Waals surface area contributed by atoms with E-state index in [-0.39, 0.29) is 9.79 Å². The number of rotatable bonds is 9. The van der Waals surface area contributed by atoms with E-state index in [1.807, 2.05) is 18.2 Å². The predicted molar refractivity (Wildman–Crippen MR) is 175 cm³/mol. The van der Waals surface area contributed by atoms with E-state index in [0.717, 1.165) is 51.6 Å². The topological polar surface area (TPSA) is 78.4 Å². The van der Waals surface area contributed by atoms with Gasteiger partial charge in [0.05, 0.1) is 24.9 Å². The van der Waals surface area contributed by atoms with Gasteiger partial charge in [0.25, 0.3) is 0 Å². The molecule has 2 aromatic carbocycles. The highest BCUT2D eigenvalue weighted by atomic mass is 32.2. The third kappa shape index (κ3) is 6.63. The van der Waals surface area contributed by atoms with Crippen LogP contribution >= 0.6 is 0 Å². The number of aromatic nitrogens is 1. The summed E-state index contributed by atoms with van der Waals surface area (Å²) in [6.07, 6.45) is 5.77. The van der Waals surface area contributed by atoms with Crippen molar-refractivity contribution in [2.45, 2.75) is 61.4 Å². The molecule has 0 bridgehead atoms. The Labute approximate surface area is 266 Å². The quantitative estimate of drug-likeness (QED) is 0.332. The molecule has 6 rings (SSSR count). The molecule has 45 heavy (non-hydrogen) atoms. The Morgan fingerprint density at radius 2 is 1.44 bits per heavy atom. The maximum atomic E-state index is 15.3. The van der Waals surface area contributed by atoms with Gasteiger partial charge in [-0.2, -0.15) is 0 Å². The molecule has 0 aliphatic carbocycles. The van der Waals surface area contributed by atoms with Crippen molar-refractivity contribution in [1.29, 1.82) is 0 Å². The molecule has 1 aromatic heterocycles. The molecule has 3 saturated heterocycles. The minimum absolute atomic E-state index is 0.00694. The molecule has 0 radical (unpaired) electrons. The maximum Gasteiger partial charge on any atom is 0.213 e. The van der Waals surface area contributed by atoms with Gasteiger partial charge in [-0.1, -0.05) is 6.92 Å². The molecule has 0 N–H and O–H groups in total. The Bertz CT molecular complexity index is 1580. The van der Waals surface area contributed by atoms with Gasteiger partial charge in [0.1, 0.15) is 27.1 Å². The fraction of sp³-hybridized carbons (Fsp3) is 0.559. The molecule has 4 heterocycles. The van der Waals surface area contributed by atoms with Crippen molar-refractivity contribution >= 4 is 26.4 Å². The minimum atomic E-state index is -4.24. The number of pyridine rings is 1. The number of fused-ring (bicyclic) bond motifs is 1. The first-order chi connectivity index (χ1) is 21.8. The van der Waals surface area contributed by atoms with Crippen LogP contribution in [0, 0.1) is 5.82 Å². The summed E-state index contributed by atoms with van der Waals surface area (Å²) >= 11 is 0. The number of likely N-dealkylation sites (tertiary alicyclic amines) is 1. The number of nitrogens with zero attached hydrogens (tertiary/aromatic N) is 5. The number of benzene rings is 2. The first-order valence-corrected chi connectivity index (χ1v) is 17.9. The minimum Gasteiger partial charge on any atom is -0.497 e. The Hall–Kier alpha value is -2.99. The Kier molecular flexibility index (Phi) is 9.79. The van der Waals surface area contributed by atoms with E-state index < -0.39 is 15.7 Å². The van der Waals surface area contributed by atoms with E-state index in [2.05, 4.69) is 31.5 Å². The smallest absolute Gasteiger partial charge is 0.213 e. The molecule has 3 aromatic rings. The molecule has 0 spiro atoms. The fourth-order valence-electron chi connectivity index (χ4n) is 7.39. The van der Waals surface area contributed by atoms with Gasteiger partial charge in [0.2, 0.25) is 9.84 Å². The first-order valence-electron chi connectivity index (χ1n) is 16.4. The van der Waals surface area contributed by atoms with Crippen molar-refractivity contribution in [3.8, 4) is 11.5 Å². The molecule has 3 aliphatic heterocycles. The molecule has 0 unspecified atom stereocenters. The lowest BCUT2D eigenvalue weighted by molar-refractivity contribution is 0.0384. The summed E-state index contributed by atoms with van der Waals surface area (Å²) in [4.78, 5) is 14.2. The van der Waals surface area contributed by atoms with Crippen molar-refractivity contribution in [3.63, 3.8) is 0 Å². The largest absolute Gasteiger partial charge is 0.497 e. The number of methoxy groups -OCH3 is 1. The third-order valence-electron chi connectivity index (χ3n) is 9.97. The van der Waals surface area contributed by atoms with Crippen LogP contribution in [0.3, 0.4) is 0 Å². The highest BCUT2D eigenvalue weighted by Crippen LogP contribution is 2.39. The molecule has 11 heteroatoms. The van der Waals surface area contributed by atoms with Gasteiger partial charge in [0, 0.05) is 69.0 Å². The van der Waals surface area contributed by atoms with Crippen molar-refractivity contribution < 1.29 is 22.3 Å². The number of piperazine rings is 1. The van der Waals surface area contributed by atoms with Crippen LogP contribution in [0.15, 0.2) is 52.4 Å². The van der Waals surface area contributed by atoms with Gasteiger partial charge < -0.3 is 19.3 Å². The summed E-state index contributed by atoms with van der Waals surface area (Å²) in [5.74, 6) is 0.0622. The Balaban J connectivity index is 1.22. The van der Waals surface area contributed by atoms with Crippen LogP contribution in [-0.4, -0.2) is 113 Å². The van der Waals surface area contributed by atoms with Crippen molar-refractivity contribution in [3.05, 3.63) is 48.4 Å². The predicted octanol–water partition coefficient (Wildman–Crippen LogP) is 4.68. The normalized spacial score (nSPS) is 20.1. The summed E-state index contributed by atoms with van der Waals surface area (Å²) in [6.45, 7) is 13.7. The Morgan fingerprint density at radius 3 is 2.02 bits per heavy atom. The van der Waals surface area contributed by atoms with Gasteiger partial charge >= 0.3 is 0 Å². The monoisotopic (exact) mass is 639 g/mol. The summed E-state index contributed by atoms with van der Waals surface area (Å²) in [5, 5.41) is 0.683. The zero-order chi connectivity index (χ0) is 31.6. The van der Waals surface area contributed by atoms with Gasteiger partial charge in [-0.3, -0.25) is 14.8 Å². The van der Waals surface area contributed by atoms with Crippen molar-refractivity contribution in [2.75, 3.05) is 77.5 Å². The van der Waals surface area contributed by atoms with Crippen molar-refractivity contribution in [2.24, 2.45) is 0 Å². The number of ether oxygens (including phenoxy) is 2. The van der Waals surface area contributed by atoms with Crippen LogP contribution < -0.4 is 14.4 Å². The molecule has 0 saturated carbocycles. The molecular formula is C34H46FN5O4S. The molecule has 244 valence electrons. The van der Waals surface area contributed by atoms with Crippen molar-refractivity contribution in [1.82, 2.24) is 19.7 Å². The highest BCUT2D eigenvalue weighted by molar-refractivity contribution is 7.91. The SMILES string of the molecule is CCOc1ccc(S(=O)(=O)c2cnc3ccc(OC)cc3c2N2CCC(N3CCN(C4CCN(CC)CC4)CC3)CC2)c(F)c1. The second-order valence-electron chi connectivity index (χ2n) is 12.3. The van der Waals surface area contributed by atoms with E-state index in [1.165, 1.54) is 44.3 Å². The molecule has 0 atom stereocenters. The summed E-state index contributed by atoms with van der Waals surface area (Å²) in [5.41, 5.74) is 1.23. The average Bonchev–Trinajstić information content (AvgIpc) is 3.07. The standard InChI is InChI=1S/C34H46FN5O4S/c1-4-37-14-10-25(11-15-37)38-18-20-39(21-19-38)26-12-16-40(17-13-26)34-29-22-27(43-3)6-8-31(29)36-24-33(34)45(41,42)32-9-7-28(44-5-2)23-30(32)35/h6-9,22-26H,4-5,10-21H2,1-3H3. The van der Waals surface area contributed by atoms with E-state index in [9.17, 15) is 8.42 Å². The average molecular weight is 640 g/mol. The summed E-state index contributed by atoms with van der Waals surface area (Å²) < 4.78 is 54.4. The molecule has 3 fully saturated rings. The van der Waals surface area contributed by atoms with Gasteiger partial charge in [-0.15, -0.1) is 0 Å². The second kappa shape index (κ2) is 13.8. The lowest BCUT2D eigenvalue weighted by Crippen LogP contribution is -2.56. The third-order valence-corrected chi connectivity index (χ3v) is 11.8. The lowest BCUT2D eigenvalue weighted by atomic mass is 9.99. The highest BCUT2D eigenvalue weighted by Gasteiger charge is 2.34. The van der Waals surface area contributed by atoms with Crippen LogP contribution in [0.25, 0.3) is 10.9 Å². The van der Waals surface area contributed by atoms with Crippen LogP contribution in [0.1, 0.15) is 39.5 Å². The number of piperidine rings is 2. The number of hydrogen-bond donors (Lipinski definition) is 0. The lowest BCUT2D eigenvalue weighted by Gasteiger charge is -2.46. The molecular weight excluding hydrogens is 593 g/mol. The Morgan fingerprint density at radius 1 is 0.822 bits per heavy atom. The molecule has 9 nitrogen and oxygen atoms in total. The zero-order valence-corrected chi connectivity index (χ0v) is 27.6. The zero-order valence-electron chi connectivity index (χ0n) is 26.8. The van der Waals surface area contributed by atoms with Crippen LogP contribution in [0.4, 0.5) is 10.1 Å². The maximum absolute atomic E-state index is 15.3. The van der Waals surface area contributed by atoms with Crippen LogP contribution in [-0.2, 0) is 9.84 Å². The molecule has 0 amide bonds. The van der Waals surface area contributed by atoms with Crippen LogP contribution in [0.2, 0.25) is 0 Å². The van der Waals surface area contributed by atoms with Crippen LogP contribution in [0.5, 0.6) is 11.5 Å². The number of sulfone groups is 1. The van der Waals surface area contributed by atoms with Gasteiger partial charge in [-0.25, -0.2) is 12.8 Å². The second-order valence-corrected chi connectivity index (χ2v) is 14.2. The number of hydrogen-bond acceptors (Lipinski definition) is 9. The van der Waals surface area contributed by atoms with Gasteiger partial charge in [0.15, 0.2) is 0 Å². The van der Waals surface area contributed by atoms with Gasteiger partial charge in [-0.05, 0) is 82.6 Å². The van der Waals surface area contributed by atoms with E-state index >= 15 is 4.39 Å². The molecule has 3 aliphatic rings. The van der Waals surface area contributed by atoms with E-state index in [1.54, 1.807) is 14.0 Å². The summed E-state index contributed by atoms with van der Waals surface area (Å²) in [6, 6.07) is 10.6.